The van der Waals surface area contributed by atoms with Crippen molar-refractivity contribution in [1.82, 2.24) is 0 Å². The fraction of sp³-hybridized carbons (Fsp3) is 0. The Hall–Kier alpha value is -0.350. The quantitative estimate of drug-likeness (QED) is 0.684. The molecule has 1 aromatic heterocycles. The summed E-state index contributed by atoms with van der Waals surface area (Å²) in [6, 6.07) is 0. The van der Waals surface area contributed by atoms with Crippen molar-refractivity contribution in [1.29, 1.82) is 0 Å². The topological polar surface area (TPSA) is 40.1 Å². The van der Waals surface area contributed by atoms with Gasteiger partial charge in [-0.1, -0.05) is 0 Å². The molecule has 9 heavy (non-hydrogen) atoms. The van der Waals surface area contributed by atoms with E-state index in [2.05, 4.69) is 15.9 Å². The molecule has 0 aromatic carbocycles. The number of carboxylic acid groups (broad SMARTS) is 1. The normalized spacial score (nSPS) is 9.44. The Morgan fingerprint density at radius 3 is 2.56 bits per heavy atom. The molecule has 0 unspecified atom stereocenters. The third-order valence-corrected chi connectivity index (χ3v) is 2.54. The Kier molecular flexibility index (Phi) is 1.87. The molecule has 0 bridgehead atoms. The molecule has 4 heteroatoms. The van der Waals surface area contributed by atoms with Crippen molar-refractivity contribution in [2.75, 3.05) is 0 Å². The van der Waals surface area contributed by atoms with Crippen molar-refractivity contribution in [2.24, 2.45) is 0 Å². The van der Waals surface area contributed by atoms with Crippen LogP contribution >= 0.6 is 27.3 Å². The van der Waals surface area contributed by atoms with Crippen LogP contribution in [0, 0.1) is 0 Å². The first-order valence-electron chi connectivity index (χ1n) is 2.15. The number of hydrogen-bond donors (Lipinski definition) is 0. The summed E-state index contributed by atoms with van der Waals surface area (Å²) < 4.78 is 0.590. The molecule has 1 heterocycles. The molecule has 0 atom stereocenters. The van der Waals surface area contributed by atoms with E-state index in [1.165, 1.54) is 16.7 Å². The van der Waals surface area contributed by atoms with Crippen LogP contribution in [0.25, 0.3) is 0 Å². The van der Waals surface area contributed by atoms with Gasteiger partial charge in [-0.3, -0.25) is 0 Å². The van der Waals surface area contributed by atoms with E-state index in [1.807, 2.05) is 0 Å². The molecule has 0 amide bonds. The first-order valence-corrected chi connectivity index (χ1v) is 3.88. The van der Waals surface area contributed by atoms with Gasteiger partial charge in [0.15, 0.2) is 0 Å². The van der Waals surface area contributed by atoms with Crippen LogP contribution in [0.5, 0.6) is 0 Å². The van der Waals surface area contributed by atoms with E-state index in [1.54, 1.807) is 5.38 Å². The second kappa shape index (κ2) is 2.49. The van der Waals surface area contributed by atoms with Gasteiger partial charge in [0.25, 0.3) is 0 Å². The van der Waals surface area contributed by atoms with Gasteiger partial charge < -0.3 is 9.90 Å². The van der Waals surface area contributed by atoms with Crippen LogP contribution in [0.3, 0.4) is 0 Å². The monoisotopic (exact) mass is 205 g/mol. The van der Waals surface area contributed by atoms with Crippen molar-refractivity contribution in [3.8, 4) is 0 Å². The smallest absolute Gasteiger partial charge is 0.0735 e. The van der Waals surface area contributed by atoms with Gasteiger partial charge in [0.05, 0.1) is 5.97 Å². The number of aromatic carboxylic acids is 1. The number of carboxylic acids is 1. The number of hydrogen-bond acceptors (Lipinski definition) is 3. The minimum absolute atomic E-state index is 0.222. The Bertz CT molecular complexity index is 231. The second-order valence-corrected chi connectivity index (χ2v) is 3.02. The van der Waals surface area contributed by atoms with Crippen molar-refractivity contribution >= 4 is 33.2 Å². The standard InChI is InChI=1S/C5H3BrO2S/c6-4-2-9-1-3(4)5(7)8/h1-2H,(H,7,8)/p-1. The highest BCUT2D eigenvalue weighted by molar-refractivity contribution is 9.10. The van der Waals surface area contributed by atoms with Gasteiger partial charge in [0.2, 0.25) is 0 Å². The molecule has 0 saturated carbocycles. The van der Waals surface area contributed by atoms with Crippen LogP contribution in [0.4, 0.5) is 0 Å². The molecule has 0 saturated heterocycles. The Morgan fingerprint density at radius 2 is 2.33 bits per heavy atom. The van der Waals surface area contributed by atoms with E-state index < -0.39 is 5.97 Å². The molecular formula is C5H2BrO2S-. The highest BCUT2D eigenvalue weighted by Gasteiger charge is 1.98. The fourth-order valence-corrected chi connectivity index (χ4v) is 1.85. The lowest BCUT2D eigenvalue weighted by molar-refractivity contribution is -0.255. The number of halogens is 1. The van der Waals surface area contributed by atoms with Gasteiger partial charge in [0.1, 0.15) is 0 Å². The van der Waals surface area contributed by atoms with Crippen molar-refractivity contribution in [2.45, 2.75) is 0 Å². The summed E-state index contributed by atoms with van der Waals surface area (Å²) in [5, 5.41) is 13.4. The molecule has 2 nitrogen and oxygen atoms in total. The lowest BCUT2D eigenvalue weighted by Crippen LogP contribution is -2.21. The molecule has 1 aromatic rings. The molecule has 1 rings (SSSR count). The van der Waals surface area contributed by atoms with Gasteiger partial charge in [-0.05, 0) is 15.9 Å². The van der Waals surface area contributed by atoms with Crippen molar-refractivity contribution in [3.63, 3.8) is 0 Å². The zero-order valence-electron chi connectivity index (χ0n) is 4.26. The summed E-state index contributed by atoms with van der Waals surface area (Å²) in [4.78, 5) is 10.1. The highest BCUT2D eigenvalue weighted by atomic mass is 79.9. The number of thiophene rings is 1. The summed E-state index contributed by atoms with van der Waals surface area (Å²) in [6.45, 7) is 0. The van der Waals surface area contributed by atoms with Crippen LogP contribution < -0.4 is 5.11 Å². The fourth-order valence-electron chi connectivity index (χ4n) is 0.427. The van der Waals surface area contributed by atoms with E-state index >= 15 is 0 Å². The van der Waals surface area contributed by atoms with E-state index in [9.17, 15) is 9.90 Å². The highest BCUT2D eigenvalue weighted by Crippen LogP contribution is 2.19. The lowest BCUT2D eigenvalue weighted by Gasteiger charge is -1.95. The summed E-state index contributed by atoms with van der Waals surface area (Å²) in [6.07, 6.45) is 0. The summed E-state index contributed by atoms with van der Waals surface area (Å²) in [5.74, 6) is -1.14. The summed E-state index contributed by atoms with van der Waals surface area (Å²) in [7, 11) is 0. The Labute approximate surface area is 64.3 Å². The van der Waals surface area contributed by atoms with Gasteiger partial charge in [0, 0.05) is 20.8 Å². The number of carbonyl (C=O) groups is 1. The van der Waals surface area contributed by atoms with E-state index in [-0.39, 0.29) is 5.56 Å². The minimum Gasteiger partial charge on any atom is -0.545 e. The third kappa shape index (κ3) is 1.31. The summed E-state index contributed by atoms with van der Waals surface area (Å²) >= 11 is 4.38. The Balaban J connectivity index is 3.08. The maximum absolute atomic E-state index is 10.1. The molecule has 0 spiro atoms. The van der Waals surface area contributed by atoms with Gasteiger partial charge >= 0.3 is 0 Å². The van der Waals surface area contributed by atoms with E-state index in [0.29, 0.717) is 4.47 Å². The average molecular weight is 206 g/mol. The maximum Gasteiger partial charge on any atom is 0.0735 e. The van der Waals surface area contributed by atoms with Crippen LogP contribution in [-0.4, -0.2) is 5.97 Å². The lowest BCUT2D eigenvalue weighted by atomic mass is 10.4. The van der Waals surface area contributed by atoms with Gasteiger partial charge in [-0.2, -0.15) is 11.3 Å². The van der Waals surface area contributed by atoms with Crippen LogP contribution in [0.15, 0.2) is 15.2 Å². The summed E-state index contributed by atoms with van der Waals surface area (Å²) in [5.41, 5.74) is 0.222. The Morgan fingerprint density at radius 1 is 1.67 bits per heavy atom. The molecular weight excluding hydrogens is 204 g/mol. The molecule has 0 aliphatic rings. The van der Waals surface area contributed by atoms with Crippen LogP contribution in [0.2, 0.25) is 0 Å². The van der Waals surface area contributed by atoms with Gasteiger partial charge in [-0.15, -0.1) is 0 Å². The maximum atomic E-state index is 10.1. The van der Waals surface area contributed by atoms with Crippen molar-refractivity contribution < 1.29 is 9.90 Å². The average Bonchev–Trinajstić information content (AvgIpc) is 2.13. The SMILES string of the molecule is O=C([O-])c1cscc1Br. The predicted molar refractivity (Wildman–Crippen MR) is 36.3 cm³/mol. The molecule has 0 N–H and O–H groups in total. The van der Waals surface area contributed by atoms with Crippen LogP contribution in [-0.2, 0) is 0 Å². The zero-order chi connectivity index (χ0) is 6.85. The van der Waals surface area contributed by atoms with E-state index in [0.717, 1.165) is 0 Å². The first-order chi connectivity index (χ1) is 4.22. The number of rotatable bonds is 1. The third-order valence-electron chi connectivity index (χ3n) is 0.835. The van der Waals surface area contributed by atoms with Crippen molar-refractivity contribution in [3.05, 3.63) is 20.8 Å². The first kappa shape index (κ1) is 6.77. The molecule has 0 fully saturated rings. The number of carbonyl (C=O) groups excluding carboxylic acids is 1. The minimum atomic E-state index is -1.14. The largest absolute Gasteiger partial charge is 0.545 e. The zero-order valence-corrected chi connectivity index (χ0v) is 6.66. The molecule has 0 radical (unpaired) electrons. The molecule has 48 valence electrons. The van der Waals surface area contributed by atoms with E-state index in [4.69, 9.17) is 0 Å². The second-order valence-electron chi connectivity index (χ2n) is 1.42. The van der Waals surface area contributed by atoms with Gasteiger partial charge in [-0.25, -0.2) is 0 Å². The molecule has 0 aliphatic carbocycles. The van der Waals surface area contributed by atoms with Crippen LogP contribution in [0.1, 0.15) is 10.4 Å². The molecule has 0 aliphatic heterocycles. The predicted octanol–water partition coefficient (Wildman–Crippen LogP) is 0.874.